The third-order valence-corrected chi connectivity index (χ3v) is 7.91. The van der Waals surface area contributed by atoms with Crippen molar-refractivity contribution in [3.05, 3.63) is 66.1 Å². The van der Waals surface area contributed by atoms with Gasteiger partial charge in [0, 0.05) is 47.1 Å². The normalized spacial score (nSPS) is 19.3. The fraction of sp³-hybridized carbons (Fsp3) is 0.321. The second-order valence-corrected chi connectivity index (χ2v) is 10.8. The second-order valence-electron chi connectivity index (χ2n) is 9.39. The molecule has 0 amide bonds. The molecule has 2 aromatic heterocycles. The lowest BCUT2D eigenvalue weighted by molar-refractivity contribution is 0.0827. The Balaban J connectivity index is 1.18. The summed E-state index contributed by atoms with van der Waals surface area (Å²) in [7, 11) is 0. The predicted octanol–water partition coefficient (Wildman–Crippen LogP) is 5.29. The molecule has 8 nitrogen and oxygen atoms in total. The quantitative estimate of drug-likeness (QED) is 0.312. The molecule has 2 aliphatic heterocycles. The number of ether oxygens (including phenoxy) is 2. The molecule has 4 aromatic rings. The molecule has 3 N–H and O–H groups in total. The minimum Gasteiger partial charge on any atom is -0.382 e. The second kappa shape index (κ2) is 11.2. The van der Waals surface area contributed by atoms with Crippen molar-refractivity contribution in [3.8, 4) is 34.0 Å². The van der Waals surface area contributed by atoms with Crippen molar-refractivity contribution >= 4 is 17.6 Å². The zero-order valence-corrected chi connectivity index (χ0v) is 21.5. The highest BCUT2D eigenvalue weighted by molar-refractivity contribution is 8.00. The molecule has 0 aliphatic carbocycles. The highest BCUT2D eigenvalue weighted by Crippen LogP contribution is 2.33. The van der Waals surface area contributed by atoms with Gasteiger partial charge in [-0.2, -0.15) is 0 Å². The van der Waals surface area contributed by atoms with Gasteiger partial charge in [-0.15, -0.1) is 11.8 Å². The van der Waals surface area contributed by atoms with Crippen LogP contribution in [0.5, 0.6) is 0 Å². The molecule has 0 saturated carbocycles. The monoisotopic (exact) mass is 533 g/mol. The van der Waals surface area contributed by atoms with Crippen LogP contribution >= 0.6 is 11.8 Å². The van der Waals surface area contributed by atoms with Crippen LogP contribution in [0.1, 0.15) is 24.8 Å². The average molecular weight is 534 g/mol. The molecule has 2 saturated heterocycles. The van der Waals surface area contributed by atoms with Crippen molar-refractivity contribution < 1.29 is 18.4 Å². The van der Waals surface area contributed by atoms with E-state index in [0.717, 1.165) is 50.2 Å². The summed E-state index contributed by atoms with van der Waals surface area (Å²) in [5.41, 5.74) is 9.58. The highest BCUT2D eigenvalue weighted by atomic mass is 32.2. The van der Waals surface area contributed by atoms with E-state index in [1.165, 1.54) is 11.0 Å². The number of nitrogens with zero attached hydrogens (tertiary/aromatic N) is 3. The number of thioether (sulfide) groups is 1. The van der Waals surface area contributed by atoms with Crippen LogP contribution in [0.4, 0.5) is 10.2 Å². The van der Waals surface area contributed by atoms with Gasteiger partial charge in [0.15, 0.2) is 17.3 Å². The first kappa shape index (κ1) is 25.0. The molecule has 196 valence electrons. The van der Waals surface area contributed by atoms with E-state index < -0.39 is 0 Å². The average Bonchev–Trinajstić information content (AvgIpc) is 3.72. The van der Waals surface area contributed by atoms with Crippen molar-refractivity contribution in [2.45, 2.75) is 42.2 Å². The zero-order valence-electron chi connectivity index (χ0n) is 20.7. The molecule has 0 bridgehead atoms. The first-order valence-electron chi connectivity index (χ1n) is 12.7. The molecule has 2 fully saturated rings. The van der Waals surface area contributed by atoms with Gasteiger partial charge in [-0.1, -0.05) is 23.4 Å². The Hall–Kier alpha value is -3.31. The summed E-state index contributed by atoms with van der Waals surface area (Å²) in [6, 6.07) is 14.9. The van der Waals surface area contributed by atoms with E-state index in [9.17, 15) is 4.39 Å². The van der Waals surface area contributed by atoms with Crippen LogP contribution in [-0.2, 0) is 16.0 Å². The molecule has 6 rings (SSSR count). The summed E-state index contributed by atoms with van der Waals surface area (Å²) < 4.78 is 31.5. The number of nitrogens with two attached hydrogens (primary N) is 1. The van der Waals surface area contributed by atoms with Gasteiger partial charge in [0.2, 0.25) is 0 Å². The summed E-state index contributed by atoms with van der Waals surface area (Å²) in [6.45, 7) is 2.91. The Morgan fingerprint density at radius 2 is 1.95 bits per heavy atom. The van der Waals surface area contributed by atoms with Gasteiger partial charge in [-0.25, -0.2) is 14.4 Å². The highest BCUT2D eigenvalue weighted by Gasteiger charge is 2.19. The van der Waals surface area contributed by atoms with E-state index in [1.807, 2.05) is 30.0 Å². The summed E-state index contributed by atoms with van der Waals surface area (Å²) >= 11 is 1.82. The lowest BCUT2D eigenvalue weighted by atomic mass is 10.1. The summed E-state index contributed by atoms with van der Waals surface area (Å²) in [4.78, 5) is 10.2. The number of rotatable bonds is 8. The molecule has 4 heterocycles. The number of halogens is 1. The Kier molecular flexibility index (Phi) is 7.37. The molecule has 0 spiro atoms. The number of hydrogen-bond acceptors (Lipinski definition) is 9. The van der Waals surface area contributed by atoms with Crippen LogP contribution in [0.15, 0.2) is 64.1 Å². The maximum Gasteiger partial charge on any atom is 0.189 e. The van der Waals surface area contributed by atoms with Crippen molar-refractivity contribution in [3.63, 3.8) is 0 Å². The summed E-state index contributed by atoms with van der Waals surface area (Å²) in [5, 5.41) is 7.87. The van der Waals surface area contributed by atoms with Gasteiger partial charge < -0.3 is 19.7 Å². The van der Waals surface area contributed by atoms with Crippen LogP contribution in [-0.4, -0.2) is 46.4 Å². The van der Waals surface area contributed by atoms with Crippen LogP contribution in [0.3, 0.4) is 0 Å². The maximum atomic E-state index is 15.0. The molecule has 10 heteroatoms. The Morgan fingerprint density at radius 3 is 2.71 bits per heavy atom. The largest absolute Gasteiger partial charge is 0.382 e. The Morgan fingerprint density at radius 1 is 1.05 bits per heavy atom. The van der Waals surface area contributed by atoms with E-state index >= 15 is 0 Å². The van der Waals surface area contributed by atoms with E-state index in [-0.39, 0.29) is 17.9 Å². The number of anilines is 1. The maximum absolute atomic E-state index is 15.0. The lowest BCUT2D eigenvalue weighted by Crippen LogP contribution is -2.27. The number of nitrogens with one attached hydrogen (secondary N) is 1. The fourth-order valence-corrected chi connectivity index (χ4v) is 5.64. The molecule has 2 unspecified atom stereocenters. The minimum absolute atomic E-state index is 0.0296. The van der Waals surface area contributed by atoms with Gasteiger partial charge in [-0.3, -0.25) is 5.32 Å². The summed E-state index contributed by atoms with van der Waals surface area (Å²) in [5.74, 6) is 0.149. The van der Waals surface area contributed by atoms with Crippen LogP contribution in [0.2, 0.25) is 0 Å². The number of nitrogen functional groups attached to an aromatic ring is 1. The fourth-order valence-electron chi connectivity index (χ4n) is 4.58. The number of benzene rings is 2. The standard InChI is InChI=1S/C28H28FN5O3S/c29-22-12-17(14-31-26-2-1-10-36-26)3-8-21(22)23-13-25(37-34-23)27-28(30)32-15-24(33-27)18-4-6-19(7-5-18)38-20-9-11-35-16-20/h3-8,12-13,15,20,26,31H,1-2,9-11,14,16H2,(H2,30,32). The van der Waals surface area contributed by atoms with E-state index in [1.54, 1.807) is 18.3 Å². The number of aromatic nitrogens is 3. The molecule has 2 atom stereocenters. The third-order valence-electron chi connectivity index (χ3n) is 6.66. The SMILES string of the molecule is Nc1ncc(-c2ccc(SC3CCOC3)cc2)nc1-c1cc(-c2ccc(CNC3CCCO3)cc2F)no1. The number of hydrogen-bond donors (Lipinski definition) is 2. The van der Waals surface area contributed by atoms with Gasteiger partial charge in [0.05, 0.1) is 18.5 Å². The molecule has 0 radical (unpaired) electrons. The van der Waals surface area contributed by atoms with Gasteiger partial charge in [0.25, 0.3) is 0 Å². The molecule has 2 aromatic carbocycles. The molecule has 2 aliphatic rings. The predicted molar refractivity (Wildman–Crippen MR) is 144 cm³/mol. The molecular formula is C28H28FN5O3S. The van der Waals surface area contributed by atoms with Crippen LogP contribution in [0.25, 0.3) is 34.0 Å². The Bertz CT molecular complexity index is 1400. The first-order chi connectivity index (χ1) is 18.6. The van der Waals surface area contributed by atoms with Gasteiger partial charge >= 0.3 is 0 Å². The van der Waals surface area contributed by atoms with Crippen LogP contribution < -0.4 is 11.1 Å². The smallest absolute Gasteiger partial charge is 0.189 e. The van der Waals surface area contributed by atoms with Crippen molar-refractivity contribution in [2.75, 3.05) is 25.6 Å². The topological polar surface area (TPSA) is 108 Å². The van der Waals surface area contributed by atoms with Gasteiger partial charge in [0.1, 0.15) is 17.7 Å². The molecule has 38 heavy (non-hydrogen) atoms. The molecular weight excluding hydrogens is 505 g/mol. The van der Waals surface area contributed by atoms with Gasteiger partial charge in [-0.05, 0) is 49.1 Å². The van der Waals surface area contributed by atoms with Crippen molar-refractivity contribution in [1.82, 2.24) is 20.4 Å². The van der Waals surface area contributed by atoms with Crippen molar-refractivity contribution in [2.24, 2.45) is 0 Å². The zero-order chi connectivity index (χ0) is 25.9. The minimum atomic E-state index is -0.383. The lowest BCUT2D eigenvalue weighted by Gasteiger charge is -2.12. The van der Waals surface area contributed by atoms with Crippen LogP contribution in [0, 0.1) is 5.82 Å². The van der Waals surface area contributed by atoms with E-state index in [4.69, 9.17) is 19.7 Å². The third kappa shape index (κ3) is 5.58. The van der Waals surface area contributed by atoms with E-state index in [0.29, 0.717) is 40.2 Å². The Labute approximate surface area is 224 Å². The van der Waals surface area contributed by atoms with Crippen molar-refractivity contribution in [1.29, 1.82) is 0 Å². The first-order valence-corrected chi connectivity index (χ1v) is 13.6. The van der Waals surface area contributed by atoms with E-state index in [2.05, 4.69) is 32.6 Å². The summed E-state index contributed by atoms with van der Waals surface area (Å²) in [6.07, 6.45) is 4.74.